The standard InChI is InChI=1S/C19H32N2O3/c1-6-9-14-23-17-11-10-16(15(4)20-17)21-18(22)19(5,12-7-2)24-13-8-3/h10-11H,6-9,12-14H2,1-5H3,(H,21,22)/t19-/m1/s1. The van der Waals surface area contributed by atoms with Crippen molar-refractivity contribution >= 4 is 11.6 Å². The summed E-state index contributed by atoms with van der Waals surface area (Å²) in [6, 6.07) is 3.63. The van der Waals surface area contributed by atoms with Gasteiger partial charge in [0.05, 0.1) is 18.0 Å². The third-order valence-corrected chi connectivity index (χ3v) is 3.89. The van der Waals surface area contributed by atoms with Crippen molar-refractivity contribution < 1.29 is 14.3 Å². The van der Waals surface area contributed by atoms with Crippen molar-refractivity contribution in [2.24, 2.45) is 0 Å². The molecule has 1 atom stereocenters. The van der Waals surface area contributed by atoms with Crippen LogP contribution >= 0.6 is 0 Å². The Morgan fingerprint density at radius 3 is 2.50 bits per heavy atom. The number of aryl methyl sites for hydroxylation is 1. The molecule has 24 heavy (non-hydrogen) atoms. The Labute approximate surface area is 146 Å². The molecule has 0 saturated carbocycles. The third-order valence-electron chi connectivity index (χ3n) is 3.89. The fourth-order valence-electron chi connectivity index (χ4n) is 2.38. The molecular weight excluding hydrogens is 304 g/mol. The Kier molecular flexibility index (Phi) is 8.76. The number of hydrogen-bond acceptors (Lipinski definition) is 4. The van der Waals surface area contributed by atoms with Crippen molar-refractivity contribution in [2.45, 2.75) is 72.3 Å². The first kappa shape index (κ1) is 20.4. The van der Waals surface area contributed by atoms with Crippen molar-refractivity contribution in [1.82, 2.24) is 4.98 Å². The highest BCUT2D eigenvalue weighted by Crippen LogP contribution is 2.23. The first-order valence-electron chi connectivity index (χ1n) is 9.02. The van der Waals surface area contributed by atoms with Crippen molar-refractivity contribution in [3.8, 4) is 5.88 Å². The van der Waals surface area contributed by atoms with Crippen LogP contribution in [0.5, 0.6) is 5.88 Å². The molecule has 0 unspecified atom stereocenters. The van der Waals surface area contributed by atoms with Gasteiger partial charge in [0.1, 0.15) is 5.60 Å². The van der Waals surface area contributed by atoms with E-state index in [2.05, 4.69) is 24.1 Å². The van der Waals surface area contributed by atoms with Crippen molar-refractivity contribution in [1.29, 1.82) is 0 Å². The molecule has 1 aromatic rings. The minimum absolute atomic E-state index is 0.123. The number of carbonyl (C=O) groups is 1. The molecule has 1 N–H and O–H groups in total. The summed E-state index contributed by atoms with van der Waals surface area (Å²) in [5.74, 6) is 0.472. The van der Waals surface area contributed by atoms with E-state index in [0.29, 0.717) is 31.2 Å². The lowest BCUT2D eigenvalue weighted by molar-refractivity contribution is -0.140. The second-order valence-corrected chi connectivity index (χ2v) is 6.27. The first-order valence-corrected chi connectivity index (χ1v) is 9.02. The number of ether oxygens (including phenoxy) is 2. The lowest BCUT2D eigenvalue weighted by Gasteiger charge is -2.28. The zero-order chi connectivity index (χ0) is 18.0. The van der Waals surface area contributed by atoms with E-state index in [9.17, 15) is 4.79 Å². The van der Waals surface area contributed by atoms with Gasteiger partial charge in [0.15, 0.2) is 0 Å². The number of nitrogens with one attached hydrogen (secondary N) is 1. The summed E-state index contributed by atoms with van der Waals surface area (Å²) < 4.78 is 11.4. The molecule has 0 aliphatic carbocycles. The predicted octanol–water partition coefficient (Wildman–Crippen LogP) is 4.49. The summed E-state index contributed by atoms with van der Waals surface area (Å²) >= 11 is 0. The Morgan fingerprint density at radius 1 is 1.17 bits per heavy atom. The molecule has 0 saturated heterocycles. The van der Waals surface area contributed by atoms with Gasteiger partial charge in [-0.05, 0) is 39.2 Å². The lowest BCUT2D eigenvalue weighted by atomic mass is 9.99. The van der Waals surface area contributed by atoms with Crippen LogP contribution in [-0.2, 0) is 9.53 Å². The minimum Gasteiger partial charge on any atom is -0.478 e. The van der Waals surface area contributed by atoms with E-state index < -0.39 is 5.60 Å². The summed E-state index contributed by atoms with van der Waals surface area (Å²) in [7, 11) is 0. The lowest BCUT2D eigenvalue weighted by Crippen LogP contribution is -2.43. The highest BCUT2D eigenvalue weighted by atomic mass is 16.5. The molecule has 1 heterocycles. The van der Waals surface area contributed by atoms with E-state index in [-0.39, 0.29) is 5.91 Å². The summed E-state index contributed by atoms with van der Waals surface area (Å²) in [6.07, 6.45) is 4.54. The number of carbonyl (C=O) groups excluding carboxylic acids is 1. The summed E-state index contributed by atoms with van der Waals surface area (Å²) in [4.78, 5) is 17.1. The van der Waals surface area contributed by atoms with Crippen molar-refractivity contribution in [3.63, 3.8) is 0 Å². The van der Waals surface area contributed by atoms with Crippen molar-refractivity contribution in [2.75, 3.05) is 18.5 Å². The van der Waals surface area contributed by atoms with Gasteiger partial charge in [0, 0.05) is 12.7 Å². The number of unbranched alkanes of at least 4 members (excludes halogenated alkanes) is 1. The van der Waals surface area contributed by atoms with E-state index in [4.69, 9.17) is 9.47 Å². The van der Waals surface area contributed by atoms with Crippen LogP contribution in [0.15, 0.2) is 12.1 Å². The molecule has 1 aromatic heterocycles. The number of rotatable bonds is 11. The predicted molar refractivity (Wildman–Crippen MR) is 97.6 cm³/mol. The first-order chi connectivity index (χ1) is 11.5. The number of aromatic nitrogens is 1. The van der Waals surface area contributed by atoms with E-state index in [1.807, 2.05) is 26.8 Å². The van der Waals surface area contributed by atoms with Crippen LogP contribution in [0.1, 0.15) is 65.5 Å². The van der Waals surface area contributed by atoms with Gasteiger partial charge in [0.25, 0.3) is 5.91 Å². The van der Waals surface area contributed by atoms with Gasteiger partial charge < -0.3 is 14.8 Å². The zero-order valence-electron chi connectivity index (χ0n) is 15.8. The number of pyridine rings is 1. The average molecular weight is 336 g/mol. The number of nitrogens with zero attached hydrogens (tertiary/aromatic N) is 1. The van der Waals surface area contributed by atoms with Gasteiger partial charge in [-0.15, -0.1) is 0 Å². The Bertz CT molecular complexity index is 519. The molecule has 0 fully saturated rings. The van der Waals surface area contributed by atoms with E-state index in [1.165, 1.54) is 0 Å². The maximum atomic E-state index is 12.7. The number of hydrogen-bond donors (Lipinski definition) is 1. The minimum atomic E-state index is -0.812. The molecular formula is C19H32N2O3. The fraction of sp³-hybridized carbons (Fsp3) is 0.684. The highest BCUT2D eigenvalue weighted by molar-refractivity contribution is 5.97. The van der Waals surface area contributed by atoms with Crippen LogP contribution in [0.4, 0.5) is 5.69 Å². The van der Waals surface area contributed by atoms with Gasteiger partial charge in [0.2, 0.25) is 5.88 Å². The van der Waals surface area contributed by atoms with Gasteiger partial charge >= 0.3 is 0 Å². The summed E-state index contributed by atoms with van der Waals surface area (Å²) in [6.45, 7) is 11.2. The largest absolute Gasteiger partial charge is 0.478 e. The molecule has 0 aliphatic rings. The highest BCUT2D eigenvalue weighted by Gasteiger charge is 2.33. The molecule has 1 rings (SSSR count). The van der Waals surface area contributed by atoms with Crippen LogP contribution < -0.4 is 10.1 Å². The normalized spacial score (nSPS) is 13.4. The van der Waals surface area contributed by atoms with Crippen LogP contribution in [0, 0.1) is 6.92 Å². The molecule has 136 valence electrons. The SMILES string of the molecule is CCCCOc1ccc(NC(=O)[C@@](C)(CCC)OCCC)c(C)n1. The monoisotopic (exact) mass is 336 g/mol. The quantitative estimate of drug-likeness (QED) is 0.605. The van der Waals surface area contributed by atoms with Crippen LogP contribution in [-0.4, -0.2) is 29.7 Å². The molecule has 5 nitrogen and oxygen atoms in total. The maximum absolute atomic E-state index is 12.7. The second-order valence-electron chi connectivity index (χ2n) is 6.27. The van der Waals surface area contributed by atoms with E-state index in [0.717, 1.165) is 31.4 Å². The van der Waals surface area contributed by atoms with Gasteiger partial charge in [-0.2, -0.15) is 0 Å². The molecule has 0 spiro atoms. The van der Waals surface area contributed by atoms with Crippen LogP contribution in [0.2, 0.25) is 0 Å². The topological polar surface area (TPSA) is 60.5 Å². The van der Waals surface area contributed by atoms with E-state index in [1.54, 1.807) is 6.07 Å². The second kappa shape index (κ2) is 10.3. The molecule has 1 amide bonds. The van der Waals surface area contributed by atoms with Gasteiger partial charge in [-0.3, -0.25) is 4.79 Å². The van der Waals surface area contributed by atoms with Gasteiger partial charge in [-0.25, -0.2) is 4.98 Å². The Balaban J connectivity index is 2.77. The van der Waals surface area contributed by atoms with Crippen LogP contribution in [0.25, 0.3) is 0 Å². The maximum Gasteiger partial charge on any atom is 0.256 e. The fourth-order valence-corrected chi connectivity index (χ4v) is 2.38. The van der Waals surface area contributed by atoms with E-state index >= 15 is 0 Å². The van der Waals surface area contributed by atoms with Crippen molar-refractivity contribution in [3.05, 3.63) is 17.8 Å². The molecule has 0 bridgehead atoms. The Morgan fingerprint density at radius 2 is 1.92 bits per heavy atom. The number of anilines is 1. The molecule has 0 radical (unpaired) electrons. The summed E-state index contributed by atoms with van der Waals surface area (Å²) in [5, 5.41) is 2.96. The smallest absolute Gasteiger partial charge is 0.256 e. The average Bonchev–Trinajstić information content (AvgIpc) is 2.55. The molecule has 0 aliphatic heterocycles. The summed E-state index contributed by atoms with van der Waals surface area (Å²) in [5.41, 5.74) is 0.630. The molecule has 5 heteroatoms. The van der Waals surface area contributed by atoms with Crippen LogP contribution in [0.3, 0.4) is 0 Å². The Hall–Kier alpha value is -1.62. The van der Waals surface area contributed by atoms with Gasteiger partial charge in [-0.1, -0.05) is 33.6 Å². The number of amides is 1. The third kappa shape index (κ3) is 6.11. The zero-order valence-corrected chi connectivity index (χ0v) is 15.8. The molecule has 0 aromatic carbocycles.